The van der Waals surface area contributed by atoms with Crippen molar-refractivity contribution in [1.29, 1.82) is 0 Å². The fraction of sp³-hybridized carbons (Fsp3) is 0.750. The highest BCUT2D eigenvalue weighted by Crippen LogP contribution is 2.17. The molecule has 0 aromatic carbocycles. The van der Waals surface area contributed by atoms with Crippen molar-refractivity contribution in [2.75, 3.05) is 13.2 Å². The molecule has 0 bridgehead atoms. The Balaban J connectivity index is 1.97. The molecule has 0 radical (unpaired) electrons. The van der Waals surface area contributed by atoms with E-state index in [2.05, 4.69) is 10.2 Å². The molecule has 0 saturated carbocycles. The minimum Gasteiger partial charge on any atom is -0.390 e. The van der Waals surface area contributed by atoms with Crippen LogP contribution >= 0.6 is 0 Å². The van der Waals surface area contributed by atoms with Crippen LogP contribution < -0.4 is 0 Å². The lowest BCUT2D eigenvalue weighted by Gasteiger charge is -2.08. The van der Waals surface area contributed by atoms with Crippen LogP contribution in [0.3, 0.4) is 0 Å². The maximum atomic E-state index is 9.48. The maximum Gasteiger partial charge on any atom is 0.0831 e. The molecule has 2 unspecified atom stereocenters. The lowest BCUT2D eigenvalue weighted by Crippen LogP contribution is -2.20. The topological polar surface area (TPSA) is 60.2 Å². The number of rotatable bonds is 2. The predicted octanol–water partition coefficient (Wildman–Crippen LogP) is -0.635. The second-order valence-electron chi connectivity index (χ2n) is 3.39. The number of hydrogen-bond donors (Lipinski definition) is 1. The van der Waals surface area contributed by atoms with Crippen molar-refractivity contribution in [3.63, 3.8) is 0 Å². The van der Waals surface area contributed by atoms with Gasteiger partial charge in [-0.15, -0.1) is 0 Å². The van der Waals surface area contributed by atoms with Crippen molar-refractivity contribution in [3.05, 3.63) is 11.9 Å². The van der Waals surface area contributed by atoms with Crippen molar-refractivity contribution in [2.45, 2.75) is 12.5 Å². The van der Waals surface area contributed by atoms with E-state index in [1.807, 2.05) is 0 Å². The minimum atomic E-state index is -0.345. The molecule has 1 aliphatic heterocycles. The Morgan fingerprint density at radius 2 is 2.54 bits per heavy atom. The Kier molecular flexibility index (Phi) is 2.28. The quantitative estimate of drug-likeness (QED) is 0.663. The maximum absolute atomic E-state index is 9.48. The SMILES string of the molecule is Cn1ncc(CC2COCC2O)n1. The first kappa shape index (κ1) is 8.65. The first-order valence-electron chi connectivity index (χ1n) is 4.36. The monoisotopic (exact) mass is 183 g/mol. The molecular weight excluding hydrogens is 170 g/mol. The Morgan fingerprint density at radius 1 is 1.69 bits per heavy atom. The lowest BCUT2D eigenvalue weighted by atomic mass is 10.0. The van der Waals surface area contributed by atoms with Crippen molar-refractivity contribution < 1.29 is 9.84 Å². The zero-order valence-electron chi connectivity index (χ0n) is 7.55. The first-order valence-corrected chi connectivity index (χ1v) is 4.36. The third-order valence-electron chi connectivity index (χ3n) is 2.28. The van der Waals surface area contributed by atoms with Gasteiger partial charge in [0.1, 0.15) is 0 Å². The van der Waals surface area contributed by atoms with E-state index in [9.17, 15) is 5.11 Å². The highest BCUT2D eigenvalue weighted by atomic mass is 16.5. The zero-order valence-corrected chi connectivity index (χ0v) is 7.55. The molecule has 0 spiro atoms. The summed E-state index contributed by atoms with van der Waals surface area (Å²) in [5.74, 6) is 0.177. The minimum absolute atomic E-state index is 0.177. The summed E-state index contributed by atoms with van der Waals surface area (Å²) in [5.41, 5.74) is 0.914. The Labute approximate surface area is 76.3 Å². The van der Waals surface area contributed by atoms with Crippen molar-refractivity contribution in [1.82, 2.24) is 15.0 Å². The Hall–Kier alpha value is -0.940. The molecule has 1 aromatic heterocycles. The van der Waals surface area contributed by atoms with Crippen molar-refractivity contribution >= 4 is 0 Å². The van der Waals surface area contributed by atoms with E-state index >= 15 is 0 Å². The number of aliphatic hydroxyl groups is 1. The molecule has 0 amide bonds. The van der Waals surface area contributed by atoms with E-state index in [0.29, 0.717) is 13.2 Å². The average Bonchev–Trinajstić information content (AvgIpc) is 2.64. The van der Waals surface area contributed by atoms with Gasteiger partial charge in [0.2, 0.25) is 0 Å². The fourth-order valence-corrected chi connectivity index (χ4v) is 1.53. The number of ether oxygens (including phenoxy) is 1. The third kappa shape index (κ3) is 1.87. The van der Waals surface area contributed by atoms with Crippen molar-refractivity contribution in [2.24, 2.45) is 13.0 Å². The van der Waals surface area contributed by atoms with Gasteiger partial charge in [0.25, 0.3) is 0 Å². The third-order valence-corrected chi connectivity index (χ3v) is 2.28. The summed E-state index contributed by atoms with van der Waals surface area (Å²) in [6.45, 7) is 1.07. The molecule has 1 N–H and O–H groups in total. The Bertz CT molecular complexity index is 287. The van der Waals surface area contributed by atoms with E-state index < -0.39 is 0 Å². The largest absolute Gasteiger partial charge is 0.390 e. The number of hydrogen-bond acceptors (Lipinski definition) is 4. The van der Waals surface area contributed by atoms with Gasteiger partial charge in [0, 0.05) is 19.4 Å². The molecule has 2 atom stereocenters. The van der Waals surface area contributed by atoms with Crippen LogP contribution in [0, 0.1) is 5.92 Å². The van der Waals surface area contributed by atoms with Gasteiger partial charge >= 0.3 is 0 Å². The number of aromatic nitrogens is 3. The molecule has 1 aromatic rings. The van der Waals surface area contributed by atoms with Crippen LogP contribution in [0.4, 0.5) is 0 Å². The zero-order chi connectivity index (χ0) is 9.26. The summed E-state index contributed by atoms with van der Waals surface area (Å²) >= 11 is 0. The van der Waals surface area contributed by atoms with Crippen LogP contribution in [0.2, 0.25) is 0 Å². The Morgan fingerprint density at radius 3 is 3.08 bits per heavy atom. The van der Waals surface area contributed by atoms with E-state index in [0.717, 1.165) is 12.1 Å². The van der Waals surface area contributed by atoms with E-state index in [1.165, 1.54) is 4.80 Å². The van der Waals surface area contributed by atoms with Gasteiger partial charge in [0.15, 0.2) is 0 Å². The molecule has 1 saturated heterocycles. The van der Waals surface area contributed by atoms with Crippen LogP contribution in [-0.4, -0.2) is 39.4 Å². The average molecular weight is 183 g/mol. The molecule has 5 nitrogen and oxygen atoms in total. The summed E-state index contributed by atoms with van der Waals surface area (Å²) < 4.78 is 5.14. The summed E-state index contributed by atoms with van der Waals surface area (Å²) in [5, 5.41) is 17.6. The molecule has 13 heavy (non-hydrogen) atoms. The summed E-state index contributed by atoms with van der Waals surface area (Å²) in [6, 6.07) is 0. The van der Waals surface area contributed by atoms with Crippen molar-refractivity contribution in [3.8, 4) is 0 Å². The molecule has 5 heteroatoms. The van der Waals surface area contributed by atoms with Gasteiger partial charge in [-0.3, -0.25) is 0 Å². The second kappa shape index (κ2) is 3.43. The molecule has 2 rings (SSSR count). The summed E-state index contributed by atoms with van der Waals surface area (Å²) in [4.78, 5) is 1.53. The van der Waals surface area contributed by atoms with Crippen LogP contribution in [0.5, 0.6) is 0 Å². The fourth-order valence-electron chi connectivity index (χ4n) is 1.53. The molecule has 72 valence electrons. The van der Waals surface area contributed by atoms with Gasteiger partial charge in [-0.1, -0.05) is 0 Å². The van der Waals surface area contributed by atoms with Crippen LogP contribution in [0.25, 0.3) is 0 Å². The second-order valence-corrected chi connectivity index (χ2v) is 3.39. The van der Waals surface area contributed by atoms with Crippen LogP contribution in [0.1, 0.15) is 5.69 Å². The van der Waals surface area contributed by atoms with E-state index in [4.69, 9.17) is 4.74 Å². The molecular formula is C8H13N3O2. The summed E-state index contributed by atoms with van der Waals surface area (Å²) in [6.07, 6.45) is 2.13. The highest BCUT2D eigenvalue weighted by Gasteiger charge is 2.26. The smallest absolute Gasteiger partial charge is 0.0831 e. The van der Waals surface area contributed by atoms with Gasteiger partial charge in [0.05, 0.1) is 31.2 Å². The number of aryl methyl sites for hydroxylation is 1. The number of nitrogens with zero attached hydrogens (tertiary/aromatic N) is 3. The molecule has 2 heterocycles. The van der Waals surface area contributed by atoms with Crippen LogP contribution in [-0.2, 0) is 18.2 Å². The van der Waals surface area contributed by atoms with Gasteiger partial charge in [-0.25, -0.2) is 0 Å². The van der Waals surface area contributed by atoms with Gasteiger partial charge in [-0.05, 0) is 0 Å². The van der Waals surface area contributed by atoms with E-state index in [-0.39, 0.29) is 12.0 Å². The lowest BCUT2D eigenvalue weighted by molar-refractivity contribution is 0.118. The molecule has 1 fully saturated rings. The van der Waals surface area contributed by atoms with Crippen LogP contribution in [0.15, 0.2) is 6.20 Å². The highest BCUT2D eigenvalue weighted by molar-refractivity contribution is 4.95. The molecule has 1 aliphatic rings. The van der Waals surface area contributed by atoms with Gasteiger partial charge < -0.3 is 9.84 Å². The first-order chi connectivity index (χ1) is 6.25. The predicted molar refractivity (Wildman–Crippen MR) is 45.0 cm³/mol. The summed E-state index contributed by atoms with van der Waals surface area (Å²) in [7, 11) is 1.78. The standard InChI is InChI=1S/C8H13N3O2/c1-11-9-3-7(10-11)2-6-4-13-5-8(6)12/h3,6,8,12H,2,4-5H2,1H3. The number of aliphatic hydroxyl groups excluding tert-OH is 1. The normalized spacial score (nSPS) is 28.2. The van der Waals surface area contributed by atoms with Gasteiger partial charge in [-0.2, -0.15) is 15.0 Å². The molecule has 0 aliphatic carbocycles. The van der Waals surface area contributed by atoms with E-state index in [1.54, 1.807) is 13.2 Å².